The molecule has 3 heterocycles. The van der Waals surface area contributed by atoms with Gasteiger partial charge in [-0.2, -0.15) is 5.10 Å². The second-order valence-electron chi connectivity index (χ2n) is 6.65. The zero-order valence-electron chi connectivity index (χ0n) is 14.9. The molecule has 0 spiro atoms. The van der Waals surface area contributed by atoms with Gasteiger partial charge in [-0.1, -0.05) is 17.7 Å². The lowest BCUT2D eigenvalue weighted by atomic mass is 10.1. The molecule has 27 heavy (non-hydrogen) atoms. The van der Waals surface area contributed by atoms with Crippen molar-refractivity contribution in [2.24, 2.45) is 7.05 Å². The maximum atomic E-state index is 12.4. The van der Waals surface area contributed by atoms with E-state index >= 15 is 0 Å². The van der Waals surface area contributed by atoms with Crippen LogP contribution in [0.5, 0.6) is 0 Å². The lowest BCUT2D eigenvalue weighted by Crippen LogP contribution is -2.23. The number of hydrogen-bond acceptors (Lipinski definition) is 5. The molecule has 6 nitrogen and oxygen atoms in total. The zero-order valence-corrected chi connectivity index (χ0v) is 16.5. The Bertz CT molecular complexity index is 953. The van der Waals surface area contributed by atoms with E-state index in [9.17, 15) is 4.79 Å². The van der Waals surface area contributed by atoms with Crippen LogP contribution < -0.4 is 5.32 Å². The van der Waals surface area contributed by atoms with Crippen LogP contribution in [0.3, 0.4) is 0 Å². The van der Waals surface area contributed by atoms with Crippen molar-refractivity contribution in [1.82, 2.24) is 19.7 Å². The average Bonchev–Trinajstić information content (AvgIpc) is 3.37. The normalized spacial score (nSPS) is 17.3. The van der Waals surface area contributed by atoms with Gasteiger partial charge in [0.2, 0.25) is 0 Å². The van der Waals surface area contributed by atoms with Crippen molar-refractivity contribution in [3.63, 3.8) is 0 Å². The smallest absolute Gasteiger partial charge is 0.257 e. The van der Waals surface area contributed by atoms with Crippen LogP contribution in [0.25, 0.3) is 0 Å². The van der Waals surface area contributed by atoms with E-state index in [4.69, 9.17) is 11.6 Å². The van der Waals surface area contributed by atoms with Crippen molar-refractivity contribution >= 4 is 34.0 Å². The Morgan fingerprint density at radius 3 is 3.07 bits per heavy atom. The first-order chi connectivity index (χ1) is 13.1. The van der Waals surface area contributed by atoms with Crippen LogP contribution in [0.1, 0.15) is 40.6 Å². The Balaban J connectivity index is 1.44. The molecule has 3 aromatic rings. The largest absolute Gasteiger partial charge is 0.298 e. The van der Waals surface area contributed by atoms with Crippen molar-refractivity contribution in [3.05, 3.63) is 63.9 Å². The van der Waals surface area contributed by atoms with Crippen molar-refractivity contribution in [2.45, 2.75) is 25.4 Å². The molecule has 0 bridgehead atoms. The van der Waals surface area contributed by atoms with Gasteiger partial charge in [-0.15, -0.1) is 11.3 Å². The topological polar surface area (TPSA) is 63.0 Å². The van der Waals surface area contributed by atoms with Crippen LogP contribution in [0.4, 0.5) is 5.13 Å². The highest BCUT2D eigenvalue weighted by Crippen LogP contribution is 2.34. The summed E-state index contributed by atoms with van der Waals surface area (Å²) in [7, 11) is 1.93. The fourth-order valence-electron chi connectivity index (χ4n) is 3.40. The summed E-state index contributed by atoms with van der Waals surface area (Å²) in [6.45, 7) is 1.84. The number of aromatic nitrogens is 3. The minimum atomic E-state index is -0.199. The third-order valence-electron chi connectivity index (χ3n) is 4.67. The van der Waals surface area contributed by atoms with Crippen LogP contribution in [-0.4, -0.2) is 32.1 Å². The second kappa shape index (κ2) is 7.80. The zero-order chi connectivity index (χ0) is 18.8. The first kappa shape index (κ1) is 18.2. The SMILES string of the molecule is Cn1ccc(CN2CCC[C@@H]2c2csc(NC(=O)c3cccc(Cl)c3)n2)n1. The number of halogens is 1. The Labute approximate surface area is 166 Å². The first-order valence-corrected chi connectivity index (χ1v) is 10.1. The second-order valence-corrected chi connectivity index (χ2v) is 7.95. The van der Waals surface area contributed by atoms with E-state index < -0.39 is 0 Å². The van der Waals surface area contributed by atoms with Crippen LogP contribution in [0.2, 0.25) is 5.02 Å². The quantitative estimate of drug-likeness (QED) is 0.698. The molecule has 140 valence electrons. The van der Waals surface area contributed by atoms with E-state index in [1.54, 1.807) is 24.3 Å². The minimum Gasteiger partial charge on any atom is -0.298 e. The van der Waals surface area contributed by atoms with Gasteiger partial charge < -0.3 is 0 Å². The lowest BCUT2D eigenvalue weighted by Gasteiger charge is -2.21. The summed E-state index contributed by atoms with van der Waals surface area (Å²) >= 11 is 7.41. The Morgan fingerprint density at radius 1 is 1.41 bits per heavy atom. The predicted molar refractivity (Wildman–Crippen MR) is 107 cm³/mol. The molecule has 1 aromatic carbocycles. The molecule has 1 saturated heterocycles. The molecule has 1 fully saturated rings. The number of carbonyl (C=O) groups excluding carboxylic acids is 1. The molecule has 0 radical (unpaired) electrons. The number of benzene rings is 1. The highest BCUT2D eigenvalue weighted by Gasteiger charge is 2.28. The lowest BCUT2D eigenvalue weighted by molar-refractivity contribution is 0.102. The molecule has 0 aliphatic carbocycles. The number of aryl methyl sites for hydroxylation is 1. The van der Waals surface area contributed by atoms with E-state index in [2.05, 4.69) is 20.3 Å². The van der Waals surface area contributed by atoms with E-state index in [1.807, 2.05) is 29.4 Å². The number of amides is 1. The van der Waals surface area contributed by atoms with Crippen LogP contribution in [0, 0.1) is 0 Å². The van der Waals surface area contributed by atoms with Gasteiger partial charge in [-0.25, -0.2) is 4.98 Å². The molecule has 2 aromatic heterocycles. The molecule has 8 heteroatoms. The van der Waals surface area contributed by atoms with Gasteiger partial charge in [0.15, 0.2) is 5.13 Å². The first-order valence-electron chi connectivity index (χ1n) is 8.83. The summed E-state index contributed by atoms with van der Waals surface area (Å²) in [5.41, 5.74) is 2.60. The number of nitrogens with zero attached hydrogens (tertiary/aromatic N) is 4. The molecular formula is C19H20ClN5OS. The Morgan fingerprint density at radius 2 is 2.30 bits per heavy atom. The van der Waals surface area contributed by atoms with Gasteiger partial charge >= 0.3 is 0 Å². The van der Waals surface area contributed by atoms with Gasteiger partial charge in [0.25, 0.3) is 5.91 Å². The van der Waals surface area contributed by atoms with Crippen molar-refractivity contribution in [3.8, 4) is 0 Å². The molecule has 1 atom stereocenters. The van der Waals surface area contributed by atoms with Crippen molar-refractivity contribution in [1.29, 1.82) is 0 Å². The van der Waals surface area contributed by atoms with Gasteiger partial charge in [-0.3, -0.25) is 19.7 Å². The van der Waals surface area contributed by atoms with Crippen LogP contribution in [0.15, 0.2) is 41.9 Å². The van der Waals surface area contributed by atoms with Crippen LogP contribution >= 0.6 is 22.9 Å². The highest BCUT2D eigenvalue weighted by atomic mass is 35.5. The monoisotopic (exact) mass is 401 g/mol. The van der Waals surface area contributed by atoms with E-state index in [-0.39, 0.29) is 11.9 Å². The minimum absolute atomic E-state index is 0.199. The van der Waals surface area contributed by atoms with Gasteiger partial charge in [0, 0.05) is 35.8 Å². The summed E-state index contributed by atoms with van der Waals surface area (Å²) in [4.78, 5) is 19.4. The number of thiazole rings is 1. The molecular weight excluding hydrogens is 382 g/mol. The molecule has 1 N–H and O–H groups in total. The maximum Gasteiger partial charge on any atom is 0.257 e. The van der Waals surface area contributed by atoms with E-state index in [1.165, 1.54) is 11.3 Å². The summed E-state index contributed by atoms with van der Waals surface area (Å²) in [6, 6.07) is 9.21. The number of rotatable bonds is 5. The van der Waals surface area contributed by atoms with Gasteiger partial charge in [0.05, 0.1) is 17.4 Å². The number of likely N-dealkylation sites (tertiary alicyclic amines) is 1. The molecule has 0 unspecified atom stereocenters. The van der Waals surface area contributed by atoms with Crippen LogP contribution in [-0.2, 0) is 13.6 Å². The molecule has 4 rings (SSSR count). The summed E-state index contributed by atoms with van der Waals surface area (Å²) in [5.74, 6) is -0.199. The Kier molecular flexibility index (Phi) is 5.24. The van der Waals surface area contributed by atoms with Crippen molar-refractivity contribution in [2.75, 3.05) is 11.9 Å². The average molecular weight is 402 g/mol. The molecule has 1 amide bonds. The fourth-order valence-corrected chi connectivity index (χ4v) is 4.34. The predicted octanol–water partition coefficient (Wildman–Crippen LogP) is 4.12. The fraction of sp³-hybridized carbons (Fsp3) is 0.316. The number of nitrogens with one attached hydrogen (secondary N) is 1. The maximum absolute atomic E-state index is 12.4. The number of carbonyl (C=O) groups is 1. The summed E-state index contributed by atoms with van der Waals surface area (Å²) < 4.78 is 1.83. The summed E-state index contributed by atoms with van der Waals surface area (Å²) in [5, 5.41) is 10.5. The number of hydrogen-bond donors (Lipinski definition) is 1. The summed E-state index contributed by atoms with van der Waals surface area (Å²) in [6.07, 6.45) is 4.17. The van der Waals surface area contributed by atoms with Gasteiger partial charge in [-0.05, 0) is 43.7 Å². The Hall–Kier alpha value is -2.22. The van der Waals surface area contributed by atoms with Crippen molar-refractivity contribution < 1.29 is 4.79 Å². The molecule has 0 saturated carbocycles. The number of anilines is 1. The molecule has 1 aliphatic rings. The van der Waals surface area contributed by atoms with E-state index in [0.29, 0.717) is 15.7 Å². The molecule has 1 aliphatic heterocycles. The third kappa shape index (κ3) is 4.21. The third-order valence-corrected chi connectivity index (χ3v) is 5.68. The standard InChI is InChI=1S/C19H20ClN5OS/c1-24-9-7-15(23-24)11-25-8-3-6-17(25)16-12-27-19(21-16)22-18(26)13-4-2-5-14(20)10-13/h2,4-5,7,9-10,12,17H,3,6,8,11H2,1H3,(H,21,22,26)/t17-/m1/s1. The highest BCUT2D eigenvalue weighted by molar-refractivity contribution is 7.14. The van der Waals surface area contributed by atoms with Gasteiger partial charge in [0.1, 0.15) is 0 Å². The van der Waals surface area contributed by atoms with E-state index in [0.717, 1.165) is 37.3 Å².